The Bertz CT molecular complexity index is 629. The van der Waals surface area contributed by atoms with Crippen LogP contribution in [0.15, 0.2) is 60.7 Å². The van der Waals surface area contributed by atoms with Gasteiger partial charge in [0.2, 0.25) is 12.0 Å². The third kappa shape index (κ3) is 5.47. The Morgan fingerprint density at radius 2 is 1.61 bits per heavy atom. The smallest absolute Gasteiger partial charge is 0.265 e. The summed E-state index contributed by atoms with van der Waals surface area (Å²) in [5, 5.41) is 2.79. The molecule has 2 aromatic carbocycles. The van der Waals surface area contributed by atoms with Crippen LogP contribution in [-0.4, -0.2) is 18.4 Å². The molecule has 0 aliphatic carbocycles. The quantitative estimate of drug-likeness (QED) is 0.733. The first kappa shape index (κ1) is 16.5. The second-order valence-electron chi connectivity index (χ2n) is 5.08. The maximum Gasteiger partial charge on any atom is 0.265 e. The number of hydrogen-bond donors (Lipinski definition) is 2. The minimum Gasteiger partial charge on any atom is -0.476 e. The summed E-state index contributed by atoms with van der Waals surface area (Å²) in [4.78, 5) is 23.2. The lowest BCUT2D eigenvalue weighted by atomic mass is 10.1. The van der Waals surface area contributed by atoms with Gasteiger partial charge in [0.05, 0.1) is 0 Å². The predicted molar refractivity (Wildman–Crippen MR) is 87.7 cm³/mol. The molecule has 3 N–H and O–H groups in total. The number of primary amides is 1. The molecular weight excluding hydrogens is 292 g/mol. The number of nitrogens with one attached hydrogen (secondary N) is 1. The van der Waals surface area contributed by atoms with Crippen LogP contribution in [0, 0.1) is 0 Å². The minimum absolute atomic E-state index is 0.246. The van der Waals surface area contributed by atoms with Crippen molar-refractivity contribution in [2.24, 2.45) is 5.73 Å². The van der Waals surface area contributed by atoms with Gasteiger partial charge in [-0.15, -0.1) is 0 Å². The summed E-state index contributed by atoms with van der Waals surface area (Å²) in [7, 11) is 0. The Labute approximate surface area is 135 Å². The summed E-state index contributed by atoms with van der Waals surface area (Å²) in [5.74, 6) is -0.00226. The lowest BCUT2D eigenvalue weighted by molar-refractivity contribution is -0.128. The minimum atomic E-state index is -0.743. The second-order valence-corrected chi connectivity index (χ2v) is 5.08. The first-order valence-electron chi connectivity index (χ1n) is 7.49. The highest BCUT2D eigenvalue weighted by Gasteiger charge is 2.22. The predicted octanol–water partition coefficient (Wildman–Crippen LogP) is 2.19. The van der Waals surface area contributed by atoms with Crippen LogP contribution in [0.3, 0.4) is 0 Å². The summed E-state index contributed by atoms with van der Waals surface area (Å²) < 4.78 is 5.84. The number of rotatable bonds is 8. The number of benzene rings is 2. The molecule has 0 aliphatic heterocycles. The van der Waals surface area contributed by atoms with Crippen LogP contribution >= 0.6 is 0 Å². The second kappa shape index (κ2) is 8.58. The van der Waals surface area contributed by atoms with E-state index in [1.54, 1.807) is 12.1 Å². The van der Waals surface area contributed by atoms with Crippen molar-refractivity contribution < 1.29 is 14.3 Å². The molecule has 2 aromatic rings. The van der Waals surface area contributed by atoms with E-state index in [-0.39, 0.29) is 18.2 Å². The van der Waals surface area contributed by atoms with Gasteiger partial charge >= 0.3 is 0 Å². The zero-order valence-corrected chi connectivity index (χ0v) is 12.8. The maximum absolute atomic E-state index is 12.4. The van der Waals surface area contributed by atoms with E-state index < -0.39 is 6.10 Å². The highest BCUT2D eigenvalue weighted by molar-refractivity contribution is 5.82. The van der Waals surface area contributed by atoms with Gasteiger partial charge in [-0.3, -0.25) is 9.59 Å². The molecule has 23 heavy (non-hydrogen) atoms. The van der Waals surface area contributed by atoms with Gasteiger partial charge < -0.3 is 15.8 Å². The molecule has 0 radical (unpaired) electrons. The third-order valence-electron chi connectivity index (χ3n) is 3.24. The Morgan fingerprint density at radius 3 is 2.22 bits per heavy atom. The Morgan fingerprint density at radius 1 is 1.00 bits per heavy atom. The van der Waals surface area contributed by atoms with Crippen molar-refractivity contribution in [1.29, 1.82) is 0 Å². The van der Waals surface area contributed by atoms with Crippen molar-refractivity contribution >= 4 is 11.8 Å². The number of ether oxygens (including phenoxy) is 1. The van der Waals surface area contributed by atoms with Gasteiger partial charge in [-0.05, 0) is 18.6 Å². The van der Waals surface area contributed by atoms with Gasteiger partial charge in [0.25, 0.3) is 5.91 Å². The standard InChI is InChI=1S/C18H20N2O3/c19-16(21)12-7-13-20-18(22)17(14-8-3-1-4-9-14)23-15-10-5-2-6-11-15/h1-6,8-11,17H,7,12-13H2,(H2,19,21)(H,20,22). The summed E-state index contributed by atoms with van der Waals surface area (Å²) in [6.45, 7) is 0.378. The molecule has 0 saturated carbocycles. The molecule has 0 fully saturated rings. The third-order valence-corrected chi connectivity index (χ3v) is 3.24. The van der Waals surface area contributed by atoms with Crippen molar-refractivity contribution in [3.63, 3.8) is 0 Å². The van der Waals surface area contributed by atoms with Crippen LogP contribution in [0.5, 0.6) is 5.75 Å². The van der Waals surface area contributed by atoms with Crippen LogP contribution in [0.2, 0.25) is 0 Å². The number of carbonyl (C=O) groups is 2. The number of amides is 2. The van der Waals surface area contributed by atoms with Gasteiger partial charge in [0, 0.05) is 18.5 Å². The largest absolute Gasteiger partial charge is 0.476 e. The van der Waals surface area contributed by atoms with Crippen molar-refractivity contribution in [3.05, 3.63) is 66.2 Å². The molecule has 1 unspecified atom stereocenters. The normalized spacial score (nSPS) is 11.5. The van der Waals surface area contributed by atoms with E-state index in [1.165, 1.54) is 0 Å². The molecule has 120 valence electrons. The molecule has 1 atom stereocenters. The van der Waals surface area contributed by atoms with Gasteiger partial charge in [-0.25, -0.2) is 0 Å². The van der Waals surface area contributed by atoms with Crippen molar-refractivity contribution in [3.8, 4) is 5.75 Å². The molecule has 5 heteroatoms. The van der Waals surface area contributed by atoms with Crippen molar-refractivity contribution in [2.75, 3.05) is 6.54 Å². The molecule has 0 aromatic heterocycles. The van der Waals surface area contributed by atoms with Gasteiger partial charge in [-0.1, -0.05) is 48.5 Å². The summed E-state index contributed by atoms with van der Waals surface area (Å²) >= 11 is 0. The number of carbonyl (C=O) groups excluding carboxylic acids is 2. The van der Waals surface area contributed by atoms with Crippen molar-refractivity contribution in [1.82, 2.24) is 5.32 Å². The van der Waals surface area contributed by atoms with E-state index >= 15 is 0 Å². The first-order valence-corrected chi connectivity index (χ1v) is 7.49. The molecule has 0 aliphatic rings. The van der Waals surface area contributed by atoms with Gasteiger partial charge in [0.15, 0.2) is 0 Å². The molecule has 2 rings (SSSR count). The van der Waals surface area contributed by atoms with Crippen LogP contribution < -0.4 is 15.8 Å². The number of hydrogen-bond acceptors (Lipinski definition) is 3. The Balaban J connectivity index is 2.04. The summed E-state index contributed by atoms with van der Waals surface area (Å²) in [6.07, 6.45) is 0.0104. The molecule has 5 nitrogen and oxygen atoms in total. The maximum atomic E-state index is 12.4. The van der Waals surface area contributed by atoms with Crippen LogP contribution in [0.4, 0.5) is 0 Å². The highest BCUT2D eigenvalue weighted by atomic mass is 16.5. The van der Waals surface area contributed by atoms with Crippen LogP contribution in [0.25, 0.3) is 0 Å². The topological polar surface area (TPSA) is 81.4 Å². The lowest BCUT2D eigenvalue weighted by Gasteiger charge is -2.19. The average molecular weight is 312 g/mol. The number of para-hydroxylation sites is 1. The molecule has 0 saturated heterocycles. The molecule has 2 amide bonds. The molecule has 0 heterocycles. The van der Waals surface area contributed by atoms with E-state index in [1.807, 2.05) is 48.5 Å². The first-order chi connectivity index (χ1) is 11.2. The van der Waals surface area contributed by atoms with E-state index in [0.717, 1.165) is 5.56 Å². The fourth-order valence-corrected chi connectivity index (χ4v) is 2.10. The van der Waals surface area contributed by atoms with Crippen LogP contribution in [0.1, 0.15) is 24.5 Å². The average Bonchev–Trinajstić information content (AvgIpc) is 2.58. The Hall–Kier alpha value is -2.82. The zero-order chi connectivity index (χ0) is 16.5. The summed E-state index contributed by atoms with van der Waals surface area (Å²) in [6, 6.07) is 18.5. The Kier molecular flexibility index (Phi) is 6.17. The van der Waals surface area contributed by atoms with Gasteiger partial charge in [0.1, 0.15) is 5.75 Å². The lowest BCUT2D eigenvalue weighted by Crippen LogP contribution is -2.33. The molecule has 0 bridgehead atoms. The van der Waals surface area contributed by atoms with Crippen molar-refractivity contribution in [2.45, 2.75) is 18.9 Å². The monoisotopic (exact) mass is 312 g/mol. The van der Waals surface area contributed by atoms with E-state index in [0.29, 0.717) is 18.7 Å². The summed E-state index contributed by atoms with van der Waals surface area (Å²) in [5.41, 5.74) is 5.85. The zero-order valence-electron chi connectivity index (χ0n) is 12.8. The van der Waals surface area contributed by atoms with Gasteiger partial charge in [-0.2, -0.15) is 0 Å². The fourth-order valence-electron chi connectivity index (χ4n) is 2.10. The molecular formula is C18H20N2O3. The molecule has 0 spiro atoms. The van der Waals surface area contributed by atoms with E-state index in [4.69, 9.17) is 10.5 Å². The fraction of sp³-hybridized carbons (Fsp3) is 0.222. The highest BCUT2D eigenvalue weighted by Crippen LogP contribution is 2.21. The van der Waals surface area contributed by atoms with Crippen LogP contribution in [-0.2, 0) is 9.59 Å². The van der Waals surface area contributed by atoms with E-state index in [9.17, 15) is 9.59 Å². The van der Waals surface area contributed by atoms with E-state index in [2.05, 4.69) is 5.32 Å². The SMILES string of the molecule is NC(=O)CCCNC(=O)C(Oc1ccccc1)c1ccccc1. The number of nitrogens with two attached hydrogens (primary N) is 1.